The third-order valence-corrected chi connectivity index (χ3v) is 3.23. The minimum absolute atomic E-state index is 0.314. The average molecular weight is 280 g/mol. The SMILES string of the molecule is CNC(c1cccc(C(F)(F)F)c1)c1cnccc1C. The molecule has 0 radical (unpaired) electrons. The van der Waals surface area contributed by atoms with E-state index in [1.54, 1.807) is 25.5 Å². The molecule has 2 nitrogen and oxygen atoms in total. The van der Waals surface area contributed by atoms with Gasteiger partial charge in [-0.2, -0.15) is 13.2 Å². The predicted molar refractivity (Wildman–Crippen MR) is 71.3 cm³/mol. The number of halogens is 3. The molecule has 0 saturated carbocycles. The second-order valence-corrected chi connectivity index (χ2v) is 4.58. The van der Waals surface area contributed by atoms with Crippen LogP contribution in [-0.4, -0.2) is 12.0 Å². The van der Waals surface area contributed by atoms with Crippen molar-refractivity contribution < 1.29 is 13.2 Å². The van der Waals surface area contributed by atoms with Gasteiger partial charge in [0.2, 0.25) is 0 Å². The molecule has 1 unspecified atom stereocenters. The molecule has 1 aromatic carbocycles. The van der Waals surface area contributed by atoms with Crippen LogP contribution >= 0.6 is 0 Å². The molecule has 0 bridgehead atoms. The molecule has 1 atom stereocenters. The Hall–Kier alpha value is -1.88. The van der Waals surface area contributed by atoms with E-state index in [2.05, 4.69) is 10.3 Å². The van der Waals surface area contributed by atoms with Gasteiger partial charge in [0, 0.05) is 12.4 Å². The van der Waals surface area contributed by atoms with Crippen LogP contribution in [0.5, 0.6) is 0 Å². The zero-order chi connectivity index (χ0) is 14.8. The summed E-state index contributed by atoms with van der Waals surface area (Å²) in [7, 11) is 1.72. The Bertz CT molecular complexity index is 594. The van der Waals surface area contributed by atoms with Crippen LogP contribution in [0.2, 0.25) is 0 Å². The van der Waals surface area contributed by atoms with Crippen LogP contribution in [0.1, 0.15) is 28.3 Å². The third-order valence-electron chi connectivity index (χ3n) is 3.23. The van der Waals surface area contributed by atoms with E-state index in [-0.39, 0.29) is 6.04 Å². The van der Waals surface area contributed by atoms with Crippen LogP contribution < -0.4 is 5.32 Å². The van der Waals surface area contributed by atoms with Crippen LogP contribution in [0.3, 0.4) is 0 Å². The molecule has 5 heteroatoms. The Morgan fingerprint density at radius 3 is 2.55 bits per heavy atom. The van der Waals surface area contributed by atoms with Gasteiger partial charge in [0.25, 0.3) is 0 Å². The number of aromatic nitrogens is 1. The first kappa shape index (κ1) is 14.5. The Balaban J connectivity index is 2.46. The predicted octanol–water partition coefficient (Wildman–Crippen LogP) is 3.72. The van der Waals surface area contributed by atoms with E-state index in [0.29, 0.717) is 5.56 Å². The van der Waals surface area contributed by atoms with Crippen LogP contribution in [0.25, 0.3) is 0 Å². The zero-order valence-corrected chi connectivity index (χ0v) is 11.2. The lowest BCUT2D eigenvalue weighted by molar-refractivity contribution is -0.137. The van der Waals surface area contributed by atoms with Crippen molar-refractivity contribution >= 4 is 0 Å². The smallest absolute Gasteiger partial charge is 0.309 e. The van der Waals surface area contributed by atoms with Gasteiger partial charge in [-0.3, -0.25) is 4.98 Å². The molecule has 0 aliphatic carbocycles. The molecular weight excluding hydrogens is 265 g/mol. The molecule has 20 heavy (non-hydrogen) atoms. The molecule has 0 saturated heterocycles. The Morgan fingerprint density at radius 1 is 1.20 bits per heavy atom. The quantitative estimate of drug-likeness (QED) is 0.927. The molecular formula is C15H15F3N2. The number of hydrogen-bond donors (Lipinski definition) is 1. The van der Waals surface area contributed by atoms with Crippen molar-refractivity contribution in [3.8, 4) is 0 Å². The topological polar surface area (TPSA) is 24.9 Å². The van der Waals surface area contributed by atoms with Crippen LogP contribution in [0.15, 0.2) is 42.7 Å². The van der Waals surface area contributed by atoms with Gasteiger partial charge in [0.15, 0.2) is 0 Å². The summed E-state index contributed by atoms with van der Waals surface area (Å²) >= 11 is 0. The maximum atomic E-state index is 12.8. The number of nitrogens with one attached hydrogen (secondary N) is 1. The maximum absolute atomic E-state index is 12.8. The molecule has 2 aromatic rings. The molecule has 0 aliphatic rings. The lowest BCUT2D eigenvalue weighted by atomic mass is 9.95. The highest BCUT2D eigenvalue weighted by atomic mass is 19.4. The van der Waals surface area contributed by atoms with Gasteiger partial charge < -0.3 is 5.32 Å². The minimum Gasteiger partial charge on any atom is -0.309 e. The summed E-state index contributed by atoms with van der Waals surface area (Å²) in [5.41, 5.74) is 1.78. The van der Waals surface area contributed by atoms with E-state index in [0.717, 1.165) is 17.2 Å². The van der Waals surface area contributed by atoms with Crippen molar-refractivity contribution in [2.24, 2.45) is 0 Å². The second kappa shape index (κ2) is 5.63. The fourth-order valence-electron chi connectivity index (χ4n) is 2.17. The number of nitrogens with zero attached hydrogens (tertiary/aromatic N) is 1. The fourth-order valence-corrected chi connectivity index (χ4v) is 2.17. The normalized spacial score (nSPS) is 13.2. The van der Waals surface area contributed by atoms with Crippen molar-refractivity contribution in [1.29, 1.82) is 0 Å². The molecule has 1 heterocycles. The first-order valence-corrected chi connectivity index (χ1v) is 6.18. The Kier molecular flexibility index (Phi) is 4.09. The molecule has 0 fully saturated rings. The fraction of sp³-hybridized carbons (Fsp3) is 0.267. The van der Waals surface area contributed by atoms with E-state index in [1.165, 1.54) is 12.1 Å². The summed E-state index contributed by atoms with van der Waals surface area (Å²) < 4.78 is 38.4. The van der Waals surface area contributed by atoms with Crippen molar-refractivity contribution in [1.82, 2.24) is 10.3 Å². The Labute approximate surface area is 115 Å². The van der Waals surface area contributed by atoms with Crippen molar-refractivity contribution in [2.75, 3.05) is 7.05 Å². The standard InChI is InChI=1S/C15H15F3N2/c1-10-6-7-20-9-13(10)14(19-2)11-4-3-5-12(8-11)15(16,17)18/h3-9,14,19H,1-2H3. The molecule has 2 rings (SSSR count). The van der Waals surface area contributed by atoms with E-state index in [4.69, 9.17) is 0 Å². The van der Waals surface area contributed by atoms with Gasteiger partial charge in [-0.15, -0.1) is 0 Å². The molecule has 106 valence electrons. The number of pyridine rings is 1. The van der Waals surface area contributed by atoms with Crippen molar-refractivity contribution in [3.05, 3.63) is 65.0 Å². The van der Waals surface area contributed by atoms with Gasteiger partial charge in [-0.1, -0.05) is 12.1 Å². The molecule has 1 aromatic heterocycles. The summed E-state index contributed by atoms with van der Waals surface area (Å²) in [4.78, 5) is 4.05. The highest BCUT2D eigenvalue weighted by molar-refractivity contribution is 5.37. The van der Waals surface area contributed by atoms with Crippen LogP contribution in [0, 0.1) is 6.92 Å². The molecule has 0 spiro atoms. The number of benzene rings is 1. The van der Waals surface area contributed by atoms with Crippen molar-refractivity contribution in [2.45, 2.75) is 19.1 Å². The van der Waals surface area contributed by atoms with Gasteiger partial charge >= 0.3 is 6.18 Å². The van der Waals surface area contributed by atoms with E-state index in [9.17, 15) is 13.2 Å². The third kappa shape index (κ3) is 2.99. The van der Waals surface area contributed by atoms with E-state index >= 15 is 0 Å². The summed E-state index contributed by atoms with van der Waals surface area (Å²) in [6.45, 7) is 1.91. The second-order valence-electron chi connectivity index (χ2n) is 4.58. The van der Waals surface area contributed by atoms with Gasteiger partial charge in [-0.25, -0.2) is 0 Å². The monoisotopic (exact) mass is 280 g/mol. The summed E-state index contributed by atoms with van der Waals surface area (Å²) in [5.74, 6) is 0. The van der Waals surface area contributed by atoms with Gasteiger partial charge in [0.1, 0.15) is 0 Å². The molecule has 0 amide bonds. The lowest BCUT2D eigenvalue weighted by Gasteiger charge is -2.20. The first-order chi connectivity index (χ1) is 9.43. The summed E-state index contributed by atoms with van der Waals surface area (Å²) in [6, 6.07) is 6.88. The maximum Gasteiger partial charge on any atom is 0.416 e. The highest BCUT2D eigenvalue weighted by Gasteiger charge is 2.31. The first-order valence-electron chi connectivity index (χ1n) is 6.18. The molecule has 1 N–H and O–H groups in total. The van der Waals surface area contributed by atoms with Gasteiger partial charge in [-0.05, 0) is 48.9 Å². The average Bonchev–Trinajstić information content (AvgIpc) is 2.41. The minimum atomic E-state index is -4.34. The Morgan fingerprint density at radius 2 is 1.95 bits per heavy atom. The van der Waals surface area contributed by atoms with E-state index < -0.39 is 11.7 Å². The summed E-state index contributed by atoms with van der Waals surface area (Å²) in [6.07, 6.45) is -0.993. The number of hydrogen-bond acceptors (Lipinski definition) is 2. The highest BCUT2D eigenvalue weighted by Crippen LogP contribution is 2.32. The van der Waals surface area contributed by atoms with Gasteiger partial charge in [0.05, 0.1) is 11.6 Å². The molecule has 0 aliphatic heterocycles. The largest absolute Gasteiger partial charge is 0.416 e. The van der Waals surface area contributed by atoms with Crippen LogP contribution in [0.4, 0.5) is 13.2 Å². The summed E-state index contributed by atoms with van der Waals surface area (Å²) in [5, 5.41) is 3.05. The van der Waals surface area contributed by atoms with Crippen LogP contribution in [-0.2, 0) is 6.18 Å². The zero-order valence-electron chi connectivity index (χ0n) is 11.2. The number of alkyl halides is 3. The van der Waals surface area contributed by atoms with E-state index in [1.807, 2.05) is 13.0 Å². The lowest BCUT2D eigenvalue weighted by Crippen LogP contribution is -2.19. The number of rotatable bonds is 3. The number of aryl methyl sites for hydroxylation is 1. The van der Waals surface area contributed by atoms with Crippen molar-refractivity contribution in [3.63, 3.8) is 0 Å².